The highest BCUT2D eigenvalue weighted by atomic mass is 32.2. The van der Waals surface area contributed by atoms with Crippen molar-refractivity contribution >= 4 is 23.5 Å². The molecule has 2 rings (SSSR count). The van der Waals surface area contributed by atoms with E-state index >= 15 is 0 Å². The Kier molecular flexibility index (Phi) is 3.69. The van der Waals surface area contributed by atoms with E-state index < -0.39 is 11.7 Å². The summed E-state index contributed by atoms with van der Waals surface area (Å²) in [7, 11) is 0. The molecule has 1 aliphatic rings. The van der Waals surface area contributed by atoms with E-state index in [1.54, 1.807) is 29.6 Å². The van der Waals surface area contributed by atoms with E-state index in [4.69, 9.17) is 0 Å². The van der Waals surface area contributed by atoms with Crippen molar-refractivity contribution in [1.29, 1.82) is 0 Å². The lowest BCUT2D eigenvalue weighted by molar-refractivity contribution is -0.137. The second kappa shape index (κ2) is 4.76. The summed E-state index contributed by atoms with van der Waals surface area (Å²) < 4.78 is 37.7. The van der Waals surface area contributed by atoms with Crippen LogP contribution in [0.3, 0.4) is 0 Å². The summed E-state index contributed by atoms with van der Waals surface area (Å²) in [5, 5.41) is 0. The average Bonchev–Trinajstić information content (AvgIpc) is 2.29. The highest BCUT2D eigenvalue weighted by Crippen LogP contribution is 2.50. The van der Waals surface area contributed by atoms with Gasteiger partial charge in [-0.25, -0.2) is 0 Å². The summed E-state index contributed by atoms with van der Waals surface area (Å²) in [5.74, 6) is 2.03. The number of thioether (sulfide) groups is 2. The minimum Gasteiger partial charge on any atom is -0.166 e. The van der Waals surface area contributed by atoms with Crippen LogP contribution in [-0.2, 0) is 10.3 Å². The molecule has 1 aliphatic heterocycles. The van der Waals surface area contributed by atoms with Crippen molar-refractivity contribution in [3.8, 4) is 0 Å². The number of hydrogen-bond donors (Lipinski definition) is 0. The zero-order valence-corrected chi connectivity index (χ0v) is 11.0. The van der Waals surface area contributed by atoms with Gasteiger partial charge in [-0.1, -0.05) is 12.1 Å². The first-order valence-corrected chi connectivity index (χ1v) is 7.35. The van der Waals surface area contributed by atoms with E-state index in [9.17, 15) is 13.2 Å². The summed E-state index contributed by atoms with van der Waals surface area (Å²) >= 11 is 3.47. The summed E-state index contributed by atoms with van der Waals surface area (Å²) in [4.78, 5) is 0. The lowest BCUT2D eigenvalue weighted by Gasteiger charge is -2.33. The van der Waals surface area contributed by atoms with Gasteiger partial charge in [0.1, 0.15) is 0 Å². The van der Waals surface area contributed by atoms with Crippen LogP contribution >= 0.6 is 23.5 Å². The number of benzene rings is 1. The molecule has 0 atom stereocenters. The largest absolute Gasteiger partial charge is 0.416 e. The van der Waals surface area contributed by atoms with Crippen LogP contribution in [-0.4, -0.2) is 11.5 Å². The fourth-order valence-corrected chi connectivity index (χ4v) is 4.74. The van der Waals surface area contributed by atoms with Crippen molar-refractivity contribution in [2.24, 2.45) is 0 Å². The van der Waals surface area contributed by atoms with Crippen molar-refractivity contribution in [2.75, 3.05) is 11.5 Å². The molecule has 94 valence electrons. The van der Waals surface area contributed by atoms with Gasteiger partial charge < -0.3 is 0 Å². The van der Waals surface area contributed by atoms with Crippen LogP contribution in [0, 0.1) is 0 Å². The van der Waals surface area contributed by atoms with E-state index in [1.807, 2.05) is 6.92 Å². The summed E-state index contributed by atoms with van der Waals surface area (Å²) in [6.45, 7) is 2.01. The van der Waals surface area contributed by atoms with Gasteiger partial charge in [-0.3, -0.25) is 0 Å². The van der Waals surface area contributed by atoms with Gasteiger partial charge in [0.15, 0.2) is 0 Å². The fourth-order valence-electron chi connectivity index (χ4n) is 1.78. The molecule has 0 saturated carbocycles. The lowest BCUT2D eigenvalue weighted by atomic mass is 10.1. The molecule has 0 spiro atoms. The lowest BCUT2D eigenvalue weighted by Crippen LogP contribution is -2.19. The Balaban J connectivity index is 2.32. The van der Waals surface area contributed by atoms with Gasteiger partial charge in [0, 0.05) is 0 Å². The molecule has 0 nitrogen and oxygen atoms in total. The molecule has 1 aromatic carbocycles. The Morgan fingerprint density at radius 3 is 2.41 bits per heavy atom. The van der Waals surface area contributed by atoms with Gasteiger partial charge in [-0.05, 0) is 42.5 Å². The van der Waals surface area contributed by atoms with Gasteiger partial charge in [-0.15, -0.1) is 23.5 Å². The van der Waals surface area contributed by atoms with Gasteiger partial charge in [0.2, 0.25) is 0 Å². The molecule has 5 heteroatoms. The van der Waals surface area contributed by atoms with Crippen LogP contribution in [0.1, 0.15) is 24.5 Å². The van der Waals surface area contributed by atoms with Crippen molar-refractivity contribution < 1.29 is 13.2 Å². The van der Waals surface area contributed by atoms with E-state index in [1.165, 1.54) is 12.1 Å². The second-order valence-electron chi connectivity index (χ2n) is 4.07. The zero-order chi connectivity index (χ0) is 12.5. The molecule has 1 heterocycles. The normalized spacial score (nSPS) is 20.2. The van der Waals surface area contributed by atoms with Gasteiger partial charge in [-0.2, -0.15) is 13.2 Å². The summed E-state index contributed by atoms with van der Waals surface area (Å²) in [5.41, 5.74) is 0.213. The SMILES string of the molecule is CC1(c2cccc(C(F)(F)F)c2)SCCCS1. The fraction of sp³-hybridized carbons (Fsp3) is 0.500. The van der Waals surface area contributed by atoms with Gasteiger partial charge in [0.05, 0.1) is 9.64 Å². The Hall–Kier alpha value is -0.290. The molecule has 0 amide bonds. The topological polar surface area (TPSA) is 0 Å². The Morgan fingerprint density at radius 1 is 1.18 bits per heavy atom. The molecule has 17 heavy (non-hydrogen) atoms. The van der Waals surface area contributed by atoms with Crippen LogP contribution in [0.4, 0.5) is 13.2 Å². The second-order valence-corrected chi connectivity index (χ2v) is 7.36. The van der Waals surface area contributed by atoms with Crippen molar-refractivity contribution in [1.82, 2.24) is 0 Å². The zero-order valence-electron chi connectivity index (χ0n) is 9.38. The van der Waals surface area contributed by atoms with Crippen LogP contribution in [0.2, 0.25) is 0 Å². The maximum absolute atomic E-state index is 12.6. The number of alkyl halides is 3. The van der Waals surface area contributed by atoms with Crippen molar-refractivity contribution in [3.63, 3.8) is 0 Å². The molecular formula is C12H13F3S2. The Bertz CT molecular complexity index is 395. The van der Waals surface area contributed by atoms with Crippen molar-refractivity contribution in [3.05, 3.63) is 35.4 Å². The maximum atomic E-state index is 12.6. The number of rotatable bonds is 1. The Morgan fingerprint density at radius 2 is 1.82 bits per heavy atom. The third-order valence-corrected chi connectivity index (χ3v) is 6.02. The Labute approximate surface area is 107 Å². The molecule has 1 fully saturated rings. The monoisotopic (exact) mass is 278 g/mol. The molecule has 1 saturated heterocycles. The molecule has 0 aromatic heterocycles. The minimum atomic E-state index is -4.25. The molecule has 0 bridgehead atoms. The van der Waals surface area contributed by atoms with E-state index in [0.717, 1.165) is 29.6 Å². The molecule has 0 N–H and O–H groups in total. The van der Waals surface area contributed by atoms with Crippen LogP contribution in [0.25, 0.3) is 0 Å². The van der Waals surface area contributed by atoms with E-state index in [-0.39, 0.29) is 4.08 Å². The third kappa shape index (κ3) is 2.94. The number of hydrogen-bond acceptors (Lipinski definition) is 2. The summed E-state index contributed by atoms with van der Waals surface area (Å²) in [6.07, 6.45) is -3.12. The quantitative estimate of drug-likeness (QED) is 0.727. The van der Waals surface area contributed by atoms with Crippen LogP contribution in [0.5, 0.6) is 0 Å². The molecular weight excluding hydrogens is 265 g/mol. The average molecular weight is 278 g/mol. The predicted octanol–water partition coefficient (Wildman–Crippen LogP) is 4.75. The molecule has 0 aliphatic carbocycles. The predicted molar refractivity (Wildman–Crippen MR) is 68.3 cm³/mol. The number of halogens is 3. The third-order valence-electron chi connectivity index (χ3n) is 2.76. The molecule has 0 unspecified atom stereocenters. The van der Waals surface area contributed by atoms with Crippen LogP contribution < -0.4 is 0 Å². The highest BCUT2D eigenvalue weighted by Gasteiger charge is 2.34. The standard InChI is InChI=1S/C12H13F3S2/c1-11(16-6-3-7-17-11)9-4-2-5-10(8-9)12(13,14)15/h2,4-5,8H,3,6-7H2,1H3. The van der Waals surface area contributed by atoms with E-state index in [2.05, 4.69) is 0 Å². The first-order valence-electron chi connectivity index (χ1n) is 5.37. The first-order chi connectivity index (χ1) is 7.92. The first kappa shape index (κ1) is 13.1. The summed E-state index contributed by atoms with van der Waals surface area (Å²) in [6, 6.07) is 5.70. The maximum Gasteiger partial charge on any atom is 0.416 e. The van der Waals surface area contributed by atoms with Gasteiger partial charge >= 0.3 is 6.18 Å². The molecule has 0 radical (unpaired) electrons. The van der Waals surface area contributed by atoms with Crippen LogP contribution in [0.15, 0.2) is 24.3 Å². The smallest absolute Gasteiger partial charge is 0.166 e. The highest BCUT2D eigenvalue weighted by molar-refractivity contribution is 8.18. The van der Waals surface area contributed by atoms with Gasteiger partial charge in [0.25, 0.3) is 0 Å². The van der Waals surface area contributed by atoms with E-state index in [0.29, 0.717) is 0 Å². The minimum absolute atomic E-state index is 0.237. The molecule has 1 aromatic rings. The van der Waals surface area contributed by atoms with Crippen molar-refractivity contribution in [2.45, 2.75) is 23.6 Å².